The van der Waals surface area contributed by atoms with Gasteiger partial charge in [0.05, 0.1) is 5.69 Å². The molecule has 1 heterocycles. The lowest BCUT2D eigenvalue weighted by atomic mass is 10.00. The topological polar surface area (TPSA) is 215 Å². The number of nitrogens with zero attached hydrogens (tertiary/aromatic N) is 3. The van der Waals surface area contributed by atoms with Gasteiger partial charge in [0.25, 0.3) is 20.2 Å². The zero-order valence-corrected chi connectivity index (χ0v) is 24.0. The zero-order chi connectivity index (χ0) is 30.4. The van der Waals surface area contributed by atoms with E-state index in [1.165, 1.54) is 59.7 Å². The Labute approximate surface area is 239 Å². The zero-order valence-electron chi connectivity index (χ0n) is 22.4. The molecule has 3 aromatic carbocycles. The first-order valence-corrected chi connectivity index (χ1v) is 15.3. The van der Waals surface area contributed by atoms with Crippen molar-refractivity contribution in [2.75, 3.05) is 4.90 Å². The van der Waals surface area contributed by atoms with E-state index in [0.29, 0.717) is 0 Å². The monoisotopic (exact) mass is 600 g/mol. The van der Waals surface area contributed by atoms with Gasteiger partial charge in [0.15, 0.2) is 6.29 Å². The fraction of sp³-hybridized carbons (Fsp3) is 0.185. The molecule has 0 bridgehead atoms. The third kappa shape index (κ3) is 7.56. The minimum absolute atomic E-state index is 0.0542. The SMILES string of the molecule is CCc1cccc(N2C(N)=NC(N)=NC2N)c1CC.O=S(=O)(O)C(=C(c1ccccc1)S(=O)(=O)O)c1ccccc1. The summed E-state index contributed by atoms with van der Waals surface area (Å²) in [5, 5.41) is 0. The van der Waals surface area contributed by atoms with E-state index in [-0.39, 0.29) is 23.0 Å². The maximum Gasteiger partial charge on any atom is 0.296 e. The second kappa shape index (κ2) is 13.1. The Kier molecular flexibility index (Phi) is 10.0. The van der Waals surface area contributed by atoms with Crippen LogP contribution in [0.5, 0.6) is 0 Å². The van der Waals surface area contributed by atoms with E-state index in [2.05, 4.69) is 29.9 Å². The lowest BCUT2D eigenvalue weighted by molar-refractivity contribution is 0.491. The summed E-state index contributed by atoms with van der Waals surface area (Å²) in [6.07, 6.45) is 1.23. The van der Waals surface area contributed by atoms with Gasteiger partial charge in [0.2, 0.25) is 11.9 Å². The third-order valence-electron chi connectivity index (χ3n) is 6.04. The van der Waals surface area contributed by atoms with Crippen molar-refractivity contribution in [1.29, 1.82) is 0 Å². The first-order chi connectivity index (χ1) is 19.3. The largest absolute Gasteiger partial charge is 0.369 e. The van der Waals surface area contributed by atoms with Crippen molar-refractivity contribution in [3.63, 3.8) is 0 Å². The minimum atomic E-state index is -4.91. The Balaban J connectivity index is 0.000000228. The van der Waals surface area contributed by atoms with Gasteiger partial charge < -0.3 is 11.5 Å². The highest BCUT2D eigenvalue weighted by Gasteiger charge is 2.30. The van der Waals surface area contributed by atoms with Crippen LogP contribution in [0, 0.1) is 0 Å². The van der Waals surface area contributed by atoms with Crippen LogP contribution in [0.3, 0.4) is 0 Å². The van der Waals surface area contributed by atoms with Crippen LogP contribution < -0.4 is 22.1 Å². The summed E-state index contributed by atoms with van der Waals surface area (Å²) < 4.78 is 65.8. The van der Waals surface area contributed by atoms with Crippen molar-refractivity contribution >= 4 is 47.7 Å². The van der Waals surface area contributed by atoms with Gasteiger partial charge in [-0.25, -0.2) is 4.99 Å². The summed E-state index contributed by atoms with van der Waals surface area (Å²) in [5.74, 6) is 0.397. The number of aryl methyl sites for hydroxylation is 1. The third-order valence-corrected chi connectivity index (χ3v) is 8.08. The molecule has 1 unspecified atom stereocenters. The van der Waals surface area contributed by atoms with Crippen molar-refractivity contribution in [2.24, 2.45) is 27.2 Å². The van der Waals surface area contributed by atoms with E-state index in [1.54, 1.807) is 17.0 Å². The number of hydrogen-bond acceptors (Lipinski definition) is 10. The highest BCUT2D eigenvalue weighted by Crippen LogP contribution is 2.33. The van der Waals surface area contributed by atoms with Crippen LogP contribution in [0.15, 0.2) is 88.8 Å². The summed E-state index contributed by atoms with van der Waals surface area (Å²) in [6, 6.07) is 20.5. The van der Waals surface area contributed by atoms with Crippen molar-refractivity contribution in [3.8, 4) is 0 Å². The number of nitrogens with two attached hydrogens (primary N) is 3. The molecule has 8 N–H and O–H groups in total. The van der Waals surface area contributed by atoms with Gasteiger partial charge in [-0.15, -0.1) is 0 Å². The fourth-order valence-corrected chi connectivity index (χ4v) is 6.56. The molecule has 0 amide bonds. The molecule has 3 aromatic rings. The average Bonchev–Trinajstić information content (AvgIpc) is 2.91. The number of rotatable bonds is 7. The molecule has 0 aromatic heterocycles. The maximum absolute atomic E-state index is 11.7. The lowest BCUT2D eigenvalue weighted by Crippen LogP contribution is -2.52. The van der Waals surface area contributed by atoms with E-state index in [0.717, 1.165) is 18.5 Å². The van der Waals surface area contributed by atoms with Gasteiger partial charge in [0.1, 0.15) is 9.81 Å². The maximum atomic E-state index is 11.7. The van der Waals surface area contributed by atoms with Gasteiger partial charge in [-0.1, -0.05) is 86.6 Å². The fourth-order valence-electron chi connectivity index (χ4n) is 4.35. The van der Waals surface area contributed by atoms with E-state index in [4.69, 9.17) is 17.2 Å². The molecule has 1 atom stereocenters. The normalized spacial score (nSPS) is 16.1. The molecule has 0 spiro atoms. The van der Waals surface area contributed by atoms with E-state index in [9.17, 15) is 25.9 Å². The molecule has 0 saturated heterocycles. The summed E-state index contributed by atoms with van der Waals surface area (Å²) in [6.45, 7) is 4.24. The average molecular weight is 601 g/mol. The van der Waals surface area contributed by atoms with Gasteiger partial charge in [-0.2, -0.15) is 21.8 Å². The van der Waals surface area contributed by atoms with Crippen LogP contribution in [-0.4, -0.2) is 44.1 Å². The summed E-state index contributed by atoms with van der Waals surface area (Å²) in [5.41, 5.74) is 20.8. The number of anilines is 1. The number of guanidine groups is 2. The van der Waals surface area contributed by atoms with Gasteiger partial charge in [0, 0.05) is 0 Å². The molecule has 12 nitrogen and oxygen atoms in total. The predicted molar refractivity (Wildman–Crippen MR) is 162 cm³/mol. The molecule has 0 fully saturated rings. The van der Waals surface area contributed by atoms with E-state index in [1.807, 2.05) is 12.1 Å². The molecule has 218 valence electrons. The Bertz CT molecular complexity index is 1610. The van der Waals surface area contributed by atoms with Crippen molar-refractivity contribution in [2.45, 2.75) is 33.0 Å². The highest BCUT2D eigenvalue weighted by molar-refractivity contribution is 8.01. The van der Waals surface area contributed by atoms with E-state index >= 15 is 0 Å². The molecule has 41 heavy (non-hydrogen) atoms. The van der Waals surface area contributed by atoms with Crippen LogP contribution >= 0.6 is 0 Å². The first kappa shape index (κ1) is 31.4. The second-order valence-corrected chi connectivity index (χ2v) is 11.4. The Morgan fingerprint density at radius 2 is 1.27 bits per heavy atom. The Morgan fingerprint density at radius 1 is 0.780 bits per heavy atom. The Hall–Kier alpha value is -4.08. The smallest absolute Gasteiger partial charge is 0.296 e. The van der Waals surface area contributed by atoms with Crippen molar-refractivity contribution < 1.29 is 25.9 Å². The van der Waals surface area contributed by atoms with E-state index < -0.39 is 36.3 Å². The molecule has 4 rings (SSSR count). The quantitative estimate of drug-likeness (QED) is 0.197. The van der Waals surface area contributed by atoms with Crippen LogP contribution in [-0.2, 0) is 33.1 Å². The molecular formula is C27H32N6O6S2. The first-order valence-electron chi connectivity index (χ1n) is 12.4. The molecular weight excluding hydrogens is 568 g/mol. The van der Waals surface area contributed by atoms with Gasteiger partial charge in [-0.3, -0.25) is 19.7 Å². The minimum Gasteiger partial charge on any atom is -0.369 e. The van der Waals surface area contributed by atoms with Crippen LogP contribution in [0.25, 0.3) is 9.81 Å². The molecule has 1 aliphatic rings. The molecule has 0 radical (unpaired) electrons. The van der Waals surface area contributed by atoms with Gasteiger partial charge in [-0.05, 0) is 41.2 Å². The van der Waals surface area contributed by atoms with Gasteiger partial charge >= 0.3 is 0 Å². The highest BCUT2D eigenvalue weighted by atomic mass is 32.2. The summed E-state index contributed by atoms with van der Waals surface area (Å²) in [7, 11) is -9.82. The Morgan fingerprint density at radius 3 is 1.66 bits per heavy atom. The van der Waals surface area contributed by atoms with Crippen LogP contribution in [0.1, 0.15) is 36.1 Å². The summed E-state index contributed by atoms with van der Waals surface area (Å²) >= 11 is 0. The molecule has 1 aliphatic heterocycles. The van der Waals surface area contributed by atoms with Crippen molar-refractivity contribution in [1.82, 2.24) is 0 Å². The lowest BCUT2D eigenvalue weighted by Gasteiger charge is -2.32. The van der Waals surface area contributed by atoms with Crippen molar-refractivity contribution in [3.05, 3.63) is 101 Å². The number of hydrogen-bond donors (Lipinski definition) is 5. The number of benzene rings is 3. The van der Waals surface area contributed by atoms with Crippen LogP contribution in [0.2, 0.25) is 0 Å². The molecule has 14 heteroatoms. The second-order valence-electron chi connectivity index (χ2n) is 8.70. The number of aliphatic imine (C=N–C) groups is 2. The molecule has 0 aliphatic carbocycles. The van der Waals surface area contributed by atoms with Crippen LogP contribution in [0.4, 0.5) is 5.69 Å². The standard InChI is InChI=1S/C14H12O6S2.C13H20N6/c15-21(16,17)13(11-7-3-1-4-8-11)14(22(18,19)20)12-9-5-2-6-10-12;1-3-8-6-5-7-10(9(8)4-2)19-12(15)17-11(14)18-13(19)16/h1-10H,(H,15,16,17)(H,18,19,20);5-7,12H,3-4,15H2,1-2H3,(H4,14,16,17,18). The summed E-state index contributed by atoms with van der Waals surface area (Å²) in [4.78, 5) is 8.01. The molecule has 0 saturated carbocycles. The predicted octanol–water partition coefficient (Wildman–Crippen LogP) is 2.79.